The van der Waals surface area contributed by atoms with Gasteiger partial charge in [-0.3, -0.25) is 4.79 Å². The molecule has 0 heterocycles. The molecular weight excluding hydrogens is 222 g/mol. The maximum atomic E-state index is 11.6. The fourth-order valence-electron chi connectivity index (χ4n) is 0.965. The Morgan fingerprint density at radius 3 is 2.50 bits per heavy atom. The molecule has 0 aromatic carbocycles. The molecule has 4 nitrogen and oxygen atoms in total. The average Bonchev–Trinajstić information content (AvgIpc) is 2.16. The Morgan fingerprint density at radius 1 is 1.56 bits per heavy atom. The van der Waals surface area contributed by atoms with Crippen molar-refractivity contribution in [2.45, 2.75) is 39.3 Å². The SMILES string of the molecule is CC(N)CSCC(=O)NC(C)(C#N)C(C)C. The van der Waals surface area contributed by atoms with E-state index in [0.717, 1.165) is 5.75 Å². The van der Waals surface area contributed by atoms with Gasteiger partial charge in [-0.1, -0.05) is 13.8 Å². The number of nitrogens with zero attached hydrogens (tertiary/aromatic N) is 1. The lowest BCUT2D eigenvalue weighted by atomic mass is 9.90. The van der Waals surface area contributed by atoms with Crippen LogP contribution in [-0.2, 0) is 4.79 Å². The van der Waals surface area contributed by atoms with Crippen LogP contribution in [0.3, 0.4) is 0 Å². The van der Waals surface area contributed by atoms with Crippen molar-refractivity contribution in [3.63, 3.8) is 0 Å². The van der Waals surface area contributed by atoms with Crippen molar-refractivity contribution in [1.29, 1.82) is 5.26 Å². The van der Waals surface area contributed by atoms with Crippen molar-refractivity contribution < 1.29 is 4.79 Å². The summed E-state index contributed by atoms with van der Waals surface area (Å²) in [5, 5.41) is 11.8. The molecule has 0 bridgehead atoms. The highest BCUT2D eigenvalue weighted by Crippen LogP contribution is 2.15. The molecule has 0 fully saturated rings. The van der Waals surface area contributed by atoms with Crippen LogP contribution in [0, 0.1) is 17.2 Å². The van der Waals surface area contributed by atoms with Gasteiger partial charge in [0.05, 0.1) is 11.8 Å². The largest absolute Gasteiger partial charge is 0.337 e. The zero-order chi connectivity index (χ0) is 12.8. The highest BCUT2D eigenvalue weighted by Gasteiger charge is 2.29. The summed E-state index contributed by atoms with van der Waals surface area (Å²) < 4.78 is 0. The molecular formula is C11H21N3OS. The second-order valence-electron chi connectivity index (χ2n) is 4.51. The Balaban J connectivity index is 4.09. The molecule has 3 N–H and O–H groups in total. The summed E-state index contributed by atoms with van der Waals surface area (Å²) in [5.74, 6) is 1.08. The summed E-state index contributed by atoms with van der Waals surface area (Å²) in [4.78, 5) is 11.6. The maximum absolute atomic E-state index is 11.6. The molecule has 0 aromatic heterocycles. The third-order valence-electron chi connectivity index (χ3n) is 2.40. The first-order chi connectivity index (χ1) is 7.31. The number of nitriles is 1. The number of hydrogen-bond donors (Lipinski definition) is 2. The number of nitrogens with one attached hydrogen (secondary N) is 1. The predicted molar refractivity (Wildman–Crippen MR) is 68.0 cm³/mol. The van der Waals surface area contributed by atoms with Crippen LogP contribution < -0.4 is 11.1 Å². The van der Waals surface area contributed by atoms with Gasteiger partial charge in [-0.2, -0.15) is 17.0 Å². The highest BCUT2D eigenvalue weighted by atomic mass is 32.2. The molecule has 0 spiro atoms. The number of amides is 1. The first-order valence-electron chi connectivity index (χ1n) is 5.37. The lowest BCUT2D eigenvalue weighted by Crippen LogP contribution is -2.49. The molecule has 0 rings (SSSR count). The van der Waals surface area contributed by atoms with Crippen LogP contribution in [0.25, 0.3) is 0 Å². The van der Waals surface area contributed by atoms with Gasteiger partial charge in [-0.25, -0.2) is 0 Å². The number of hydrogen-bond acceptors (Lipinski definition) is 4. The fourth-order valence-corrected chi connectivity index (χ4v) is 1.71. The quantitative estimate of drug-likeness (QED) is 0.732. The lowest BCUT2D eigenvalue weighted by molar-refractivity contribution is -0.120. The summed E-state index contributed by atoms with van der Waals surface area (Å²) in [6, 6.07) is 2.23. The van der Waals surface area contributed by atoms with Crippen molar-refractivity contribution >= 4 is 17.7 Å². The topological polar surface area (TPSA) is 78.9 Å². The first kappa shape index (κ1) is 15.3. The number of carbonyl (C=O) groups excluding carboxylic acids is 1. The van der Waals surface area contributed by atoms with Gasteiger partial charge < -0.3 is 11.1 Å². The van der Waals surface area contributed by atoms with Crippen LogP contribution in [0.2, 0.25) is 0 Å². The summed E-state index contributed by atoms with van der Waals surface area (Å²) in [7, 11) is 0. The third-order valence-corrected chi connectivity index (χ3v) is 3.63. The summed E-state index contributed by atoms with van der Waals surface area (Å²) in [6.45, 7) is 7.47. The molecule has 92 valence electrons. The van der Waals surface area contributed by atoms with E-state index in [4.69, 9.17) is 11.0 Å². The van der Waals surface area contributed by atoms with Crippen molar-refractivity contribution in [3.8, 4) is 6.07 Å². The molecule has 0 aliphatic rings. The zero-order valence-electron chi connectivity index (χ0n) is 10.4. The van der Waals surface area contributed by atoms with E-state index in [2.05, 4.69) is 11.4 Å². The van der Waals surface area contributed by atoms with E-state index in [9.17, 15) is 4.79 Å². The summed E-state index contributed by atoms with van der Waals surface area (Å²) >= 11 is 1.49. The van der Waals surface area contributed by atoms with Crippen LogP contribution in [0.1, 0.15) is 27.7 Å². The zero-order valence-corrected chi connectivity index (χ0v) is 11.2. The monoisotopic (exact) mass is 243 g/mol. The third kappa shape index (κ3) is 5.38. The van der Waals surface area contributed by atoms with E-state index in [1.165, 1.54) is 11.8 Å². The molecule has 1 amide bonds. The molecule has 16 heavy (non-hydrogen) atoms. The Morgan fingerprint density at radius 2 is 2.12 bits per heavy atom. The van der Waals surface area contributed by atoms with Crippen molar-refractivity contribution in [1.82, 2.24) is 5.32 Å². The fraction of sp³-hybridized carbons (Fsp3) is 0.818. The second kappa shape index (κ2) is 6.77. The number of rotatable bonds is 6. The van der Waals surface area contributed by atoms with Crippen LogP contribution in [0.5, 0.6) is 0 Å². The van der Waals surface area contributed by atoms with Crippen LogP contribution in [-0.4, -0.2) is 29.0 Å². The van der Waals surface area contributed by atoms with Gasteiger partial charge in [-0.15, -0.1) is 0 Å². The molecule has 0 aromatic rings. The summed E-state index contributed by atoms with van der Waals surface area (Å²) in [5.41, 5.74) is 4.79. The van der Waals surface area contributed by atoms with E-state index in [1.54, 1.807) is 6.92 Å². The molecule has 0 aliphatic carbocycles. The highest BCUT2D eigenvalue weighted by molar-refractivity contribution is 7.99. The van der Waals surface area contributed by atoms with Crippen molar-refractivity contribution in [2.75, 3.05) is 11.5 Å². The molecule has 5 heteroatoms. The van der Waals surface area contributed by atoms with Gasteiger partial charge in [0, 0.05) is 11.8 Å². The number of nitrogens with two attached hydrogens (primary N) is 1. The standard InChI is InChI=1S/C11H21N3OS/c1-8(2)11(4,7-12)14-10(15)6-16-5-9(3)13/h8-9H,5-6,13H2,1-4H3,(H,14,15). The minimum atomic E-state index is -0.786. The molecule has 0 saturated carbocycles. The van der Waals surface area contributed by atoms with Gasteiger partial charge in [-0.05, 0) is 19.8 Å². The average molecular weight is 243 g/mol. The Labute approximate surface area is 102 Å². The Hall–Kier alpha value is -0.730. The van der Waals surface area contributed by atoms with Crippen molar-refractivity contribution in [3.05, 3.63) is 0 Å². The van der Waals surface area contributed by atoms with Gasteiger partial charge in [0.15, 0.2) is 0 Å². The normalized spacial score (nSPS) is 16.3. The van der Waals surface area contributed by atoms with Gasteiger partial charge >= 0.3 is 0 Å². The van der Waals surface area contributed by atoms with E-state index >= 15 is 0 Å². The van der Waals surface area contributed by atoms with Crippen LogP contribution in [0.15, 0.2) is 0 Å². The minimum Gasteiger partial charge on any atom is -0.337 e. The smallest absolute Gasteiger partial charge is 0.231 e. The number of carbonyl (C=O) groups is 1. The molecule has 0 aliphatic heterocycles. The Kier molecular flexibility index (Phi) is 6.46. The Bertz CT molecular complexity index is 273. The molecule has 0 radical (unpaired) electrons. The summed E-state index contributed by atoms with van der Waals surface area (Å²) in [6.07, 6.45) is 0. The first-order valence-corrected chi connectivity index (χ1v) is 6.53. The molecule has 2 unspecified atom stereocenters. The maximum Gasteiger partial charge on any atom is 0.231 e. The minimum absolute atomic E-state index is 0.0832. The second-order valence-corrected chi connectivity index (χ2v) is 5.54. The predicted octanol–water partition coefficient (Wildman–Crippen LogP) is 1.12. The van der Waals surface area contributed by atoms with E-state index in [1.807, 2.05) is 20.8 Å². The molecule has 2 atom stereocenters. The molecule has 0 saturated heterocycles. The van der Waals surface area contributed by atoms with Gasteiger partial charge in [0.1, 0.15) is 5.54 Å². The van der Waals surface area contributed by atoms with Gasteiger partial charge in [0.25, 0.3) is 0 Å². The number of thioether (sulfide) groups is 1. The van der Waals surface area contributed by atoms with E-state index in [-0.39, 0.29) is 17.9 Å². The van der Waals surface area contributed by atoms with E-state index in [0.29, 0.717) is 5.75 Å². The van der Waals surface area contributed by atoms with Gasteiger partial charge in [0.2, 0.25) is 5.91 Å². The lowest BCUT2D eigenvalue weighted by Gasteiger charge is -2.27. The van der Waals surface area contributed by atoms with Crippen LogP contribution >= 0.6 is 11.8 Å². The van der Waals surface area contributed by atoms with Crippen molar-refractivity contribution in [2.24, 2.45) is 11.7 Å². The van der Waals surface area contributed by atoms with E-state index < -0.39 is 5.54 Å². The van der Waals surface area contributed by atoms with Crippen LogP contribution in [0.4, 0.5) is 0 Å².